The Balaban J connectivity index is 2.38. The summed E-state index contributed by atoms with van der Waals surface area (Å²) in [4.78, 5) is 11.7. The minimum Gasteiger partial charge on any atom is -0.393 e. The molecule has 0 fully saturated rings. The number of benzene rings is 1. The summed E-state index contributed by atoms with van der Waals surface area (Å²) < 4.78 is 0. The number of aliphatic hydroxyl groups excluding tert-OH is 1. The number of carbonyl (C=O) groups is 1. The molecule has 18 heavy (non-hydrogen) atoms. The van der Waals surface area contributed by atoms with Crippen LogP contribution in [0.4, 0.5) is 0 Å². The van der Waals surface area contributed by atoms with Gasteiger partial charge in [-0.15, -0.1) is 0 Å². The molecule has 2 N–H and O–H groups in total. The summed E-state index contributed by atoms with van der Waals surface area (Å²) in [5.74, 6) is 0.0503. The summed E-state index contributed by atoms with van der Waals surface area (Å²) in [5, 5.41) is 12.0. The van der Waals surface area contributed by atoms with Crippen LogP contribution in [0, 0.1) is 13.8 Å². The van der Waals surface area contributed by atoms with Crippen molar-refractivity contribution in [1.29, 1.82) is 0 Å². The Hall–Kier alpha value is -1.35. The van der Waals surface area contributed by atoms with Crippen molar-refractivity contribution in [3.8, 4) is 0 Å². The largest absolute Gasteiger partial charge is 0.393 e. The zero-order chi connectivity index (χ0) is 13.5. The first-order chi connectivity index (χ1) is 8.49. The van der Waals surface area contributed by atoms with Crippen molar-refractivity contribution >= 4 is 5.91 Å². The number of carbonyl (C=O) groups excluding carboxylic acids is 1. The number of nitrogens with one attached hydrogen (secondary N) is 1. The number of aliphatic hydroxyl groups is 1. The monoisotopic (exact) mass is 249 g/mol. The second-order valence-corrected chi connectivity index (χ2v) is 4.95. The molecule has 0 aliphatic carbocycles. The minimum absolute atomic E-state index is 0.0503. The van der Waals surface area contributed by atoms with Gasteiger partial charge >= 0.3 is 0 Å². The Labute approximate surface area is 109 Å². The first kappa shape index (κ1) is 14.7. The average molecular weight is 249 g/mol. The smallest absolute Gasteiger partial charge is 0.224 e. The van der Waals surface area contributed by atoms with Gasteiger partial charge in [-0.05, 0) is 44.7 Å². The number of hydrogen-bond acceptors (Lipinski definition) is 2. The first-order valence-corrected chi connectivity index (χ1v) is 6.50. The molecule has 1 aromatic carbocycles. The number of hydrogen-bond donors (Lipinski definition) is 2. The second kappa shape index (κ2) is 7.17. The summed E-state index contributed by atoms with van der Waals surface area (Å²) in [6.45, 7) is 6.45. The van der Waals surface area contributed by atoms with Crippen LogP contribution in [0.1, 0.15) is 36.5 Å². The molecule has 0 saturated heterocycles. The summed E-state index contributed by atoms with van der Waals surface area (Å²) in [5.41, 5.74) is 3.42. The molecule has 0 radical (unpaired) electrons. The van der Waals surface area contributed by atoms with Crippen LogP contribution in [-0.4, -0.2) is 23.7 Å². The van der Waals surface area contributed by atoms with Crippen LogP contribution in [0.25, 0.3) is 0 Å². The molecule has 0 aliphatic rings. The van der Waals surface area contributed by atoms with Crippen molar-refractivity contribution in [1.82, 2.24) is 5.32 Å². The van der Waals surface area contributed by atoms with Gasteiger partial charge in [0.15, 0.2) is 0 Å². The van der Waals surface area contributed by atoms with Gasteiger partial charge in [0.2, 0.25) is 5.91 Å². The van der Waals surface area contributed by atoms with E-state index < -0.39 is 0 Å². The molecule has 0 aromatic heterocycles. The normalized spacial score (nSPS) is 12.2. The predicted molar refractivity (Wildman–Crippen MR) is 73.5 cm³/mol. The van der Waals surface area contributed by atoms with E-state index in [-0.39, 0.29) is 12.0 Å². The topological polar surface area (TPSA) is 49.3 Å². The Bertz CT molecular complexity index is 399. The third-order valence-electron chi connectivity index (χ3n) is 2.98. The molecular weight excluding hydrogens is 226 g/mol. The third-order valence-corrected chi connectivity index (χ3v) is 2.98. The Morgan fingerprint density at radius 2 is 2.11 bits per heavy atom. The second-order valence-electron chi connectivity index (χ2n) is 4.95. The van der Waals surface area contributed by atoms with Crippen molar-refractivity contribution in [2.24, 2.45) is 0 Å². The molecule has 0 aliphatic heterocycles. The van der Waals surface area contributed by atoms with Gasteiger partial charge in [-0.2, -0.15) is 0 Å². The fourth-order valence-corrected chi connectivity index (χ4v) is 1.85. The molecule has 3 heteroatoms. The van der Waals surface area contributed by atoms with Gasteiger partial charge in [-0.3, -0.25) is 4.79 Å². The van der Waals surface area contributed by atoms with E-state index in [1.54, 1.807) is 6.92 Å². The number of aryl methyl sites for hydroxylation is 2. The molecule has 100 valence electrons. The van der Waals surface area contributed by atoms with E-state index in [4.69, 9.17) is 5.11 Å². The molecule has 0 spiro atoms. The molecule has 1 atom stereocenters. The maximum absolute atomic E-state index is 11.7. The zero-order valence-corrected chi connectivity index (χ0v) is 11.5. The lowest BCUT2D eigenvalue weighted by atomic mass is 10.0. The van der Waals surface area contributed by atoms with Gasteiger partial charge in [-0.25, -0.2) is 0 Å². The third kappa shape index (κ3) is 5.32. The van der Waals surface area contributed by atoms with Gasteiger partial charge in [0, 0.05) is 6.54 Å². The SMILES string of the molecule is Cc1ccc(C)c(CC(=O)NCCCC(C)O)c1. The van der Waals surface area contributed by atoms with E-state index in [9.17, 15) is 4.79 Å². The highest BCUT2D eigenvalue weighted by molar-refractivity contribution is 5.78. The van der Waals surface area contributed by atoms with Crippen LogP contribution in [0.3, 0.4) is 0 Å². The van der Waals surface area contributed by atoms with Crippen LogP contribution < -0.4 is 5.32 Å². The standard InChI is InChI=1S/C15H23NO2/c1-11-6-7-12(2)14(9-11)10-15(18)16-8-4-5-13(3)17/h6-7,9,13,17H,4-5,8,10H2,1-3H3,(H,16,18). The van der Waals surface area contributed by atoms with Crippen LogP contribution in [0.15, 0.2) is 18.2 Å². The molecule has 1 unspecified atom stereocenters. The minimum atomic E-state index is -0.291. The first-order valence-electron chi connectivity index (χ1n) is 6.50. The molecule has 1 rings (SSSR count). The Kier molecular flexibility index (Phi) is 5.86. The molecular formula is C15H23NO2. The molecule has 1 amide bonds. The Morgan fingerprint density at radius 1 is 1.39 bits per heavy atom. The number of amides is 1. The van der Waals surface area contributed by atoms with Crippen LogP contribution >= 0.6 is 0 Å². The predicted octanol–water partition coefficient (Wildman–Crippen LogP) is 2.12. The van der Waals surface area contributed by atoms with Gasteiger partial charge in [0.1, 0.15) is 0 Å². The number of rotatable bonds is 6. The average Bonchev–Trinajstić information content (AvgIpc) is 2.29. The lowest BCUT2D eigenvalue weighted by molar-refractivity contribution is -0.120. The molecule has 0 bridgehead atoms. The molecule has 0 heterocycles. The van der Waals surface area contributed by atoms with Crippen molar-refractivity contribution in [3.05, 3.63) is 34.9 Å². The van der Waals surface area contributed by atoms with E-state index in [1.165, 1.54) is 5.56 Å². The van der Waals surface area contributed by atoms with E-state index in [1.807, 2.05) is 19.9 Å². The lowest BCUT2D eigenvalue weighted by Crippen LogP contribution is -2.26. The van der Waals surface area contributed by atoms with Crippen molar-refractivity contribution < 1.29 is 9.90 Å². The highest BCUT2D eigenvalue weighted by Crippen LogP contribution is 2.11. The van der Waals surface area contributed by atoms with E-state index in [0.29, 0.717) is 13.0 Å². The van der Waals surface area contributed by atoms with E-state index >= 15 is 0 Å². The molecule has 0 saturated carbocycles. The van der Waals surface area contributed by atoms with Crippen molar-refractivity contribution in [3.63, 3.8) is 0 Å². The summed E-state index contributed by atoms with van der Waals surface area (Å²) in [6.07, 6.45) is 1.68. The highest BCUT2D eigenvalue weighted by atomic mass is 16.3. The lowest BCUT2D eigenvalue weighted by Gasteiger charge is -2.09. The quantitative estimate of drug-likeness (QED) is 0.759. The van der Waals surface area contributed by atoms with E-state index in [0.717, 1.165) is 24.0 Å². The van der Waals surface area contributed by atoms with Crippen LogP contribution in [-0.2, 0) is 11.2 Å². The maximum atomic E-state index is 11.7. The maximum Gasteiger partial charge on any atom is 0.224 e. The van der Waals surface area contributed by atoms with Gasteiger partial charge in [-0.1, -0.05) is 23.8 Å². The van der Waals surface area contributed by atoms with Crippen LogP contribution in [0.2, 0.25) is 0 Å². The molecule has 3 nitrogen and oxygen atoms in total. The summed E-state index contributed by atoms with van der Waals surface area (Å²) in [6, 6.07) is 6.16. The fourth-order valence-electron chi connectivity index (χ4n) is 1.85. The van der Waals surface area contributed by atoms with E-state index in [2.05, 4.69) is 17.4 Å². The summed E-state index contributed by atoms with van der Waals surface area (Å²) in [7, 11) is 0. The summed E-state index contributed by atoms with van der Waals surface area (Å²) >= 11 is 0. The van der Waals surface area contributed by atoms with Gasteiger partial charge < -0.3 is 10.4 Å². The van der Waals surface area contributed by atoms with Gasteiger partial charge in [0.25, 0.3) is 0 Å². The van der Waals surface area contributed by atoms with Crippen molar-refractivity contribution in [2.45, 2.75) is 46.1 Å². The zero-order valence-electron chi connectivity index (χ0n) is 11.5. The van der Waals surface area contributed by atoms with Crippen LogP contribution in [0.5, 0.6) is 0 Å². The Morgan fingerprint density at radius 3 is 2.78 bits per heavy atom. The molecule has 1 aromatic rings. The van der Waals surface area contributed by atoms with Crippen molar-refractivity contribution in [2.75, 3.05) is 6.54 Å². The fraction of sp³-hybridized carbons (Fsp3) is 0.533. The van der Waals surface area contributed by atoms with Gasteiger partial charge in [0.05, 0.1) is 12.5 Å². The highest BCUT2D eigenvalue weighted by Gasteiger charge is 2.06.